The van der Waals surface area contributed by atoms with Gasteiger partial charge in [0.05, 0.1) is 6.61 Å². The number of rotatable bonds is 4. The van der Waals surface area contributed by atoms with Crippen LogP contribution in [0.4, 0.5) is 0 Å². The molecular formula is C10H20N2O. The molecule has 0 aromatic rings. The maximum Gasteiger partial charge on any atom is 0.0593 e. The van der Waals surface area contributed by atoms with Crippen molar-refractivity contribution in [1.82, 2.24) is 10.2 Å². The van der Waals surface area contributed by atoms with Crippen LogP contribution in [0.15, 0.2) is 0 Å². The van der Waals surface area contributed by atoms with Crippen LogP contribution in [0.5, 0.6) is 0 Å². The predicted molar refractivity (Wildman–Crippen MR) is 52.9 cm³/mol. The van der Waals surface area contributed by atoms with E-state index in [1.54, 1.807) is 0 Å². The third kappa shape index (κ3) is 3.63. The Morgan fingerprint density at radius 1 is 1.23 bits per heavy atom. The van der Waals surface area contributed by atoms with E-state index < -0.39 is 0 Å². The van der Waals surface area contributed by atoms with Crippen LogP contribution in [-0.2, 0) is 4.74 Å². The molecule has 2 aliphatic rings. The zero-order chi connectivity index (χ0) is 8.93. The highest BCUT2D eigenvalue weighted by Gasteiger charge is 2.20. The van der Waals surface area contributed by atoms with Crippen molar-refractivity contribution in [3.8, 4) is 0 Å². The second kappa shape index (κ2) is 4.94. The van der Waals surface area contributed by atoms with Crippen LogP contribution in [0, 0.1) is 0 Å². The minimum Gasteiger partial charge on any atom is -0.380 e. The lowest BCUT2D eigenvalue weighted by atomic mass is 10.4. The van der Waals surface area contributed by atoms with Crippen LogP contribution in [-0.4, -0.2) is 50.3 Å². The summed E-state index contributed by atoms with van der Waals surface area (Å²) in [4.78, 5) is 2.50. The smallest absolute Gasteiger partial charge is 0.0593 e. The molecule has 0 aromatic carbocycles. The molecule has 0 atom stereocenters. The third-order valence-electron chi connectivity index (χ3n) is 2.75. The molecule has 0 unspecified atom stereocenters. The van der Waals surface area contributed by atoms with Crippen LogP contribution < -0.4 is 5.32 Å². The molecule has 76 valence electrons. The highest BCUT2D eigenvalue weighted by Crippen LogP contribution is 2.17. The van der Waals surface area contributed by atoms with Gasteiger partial charge in [-0.25, -0.2) is 0 Å². The van der Waals surface area contributed by atoms with Crippen LogP contribution in [0.1, 0.15) is 19.3 Å². The predicted octanol–water partition coefficient (Wildman–Crippen LogP) is 0.461. The Balaban J connectivity index is 1.55. The van der Waals surface area contributed by atoms with E-state index >= 15 is 0 Å². The van der Waals surface area contributed by atoms with E-state index in [1.165, 1.54) is 32.4 Å². The molecule has 1 N–H and O–H groups in total. The van der Waals surface area contributed by atoms with Gasteiger partial charge in [-0.15, -0.1) is 0 Å². The maximum absolute atomic E-state index is 5.40. The molecule has 13 heavy (non-hydrogen) atoms. The summed E-state index contributed by atoms with van der Waals surface area (Å²) in [5.74, 6) is 0. The fourth-order valence-electron chi connectivity index (χ4n) is 1.74. The number of nitrogens with one attached hydrogen (secondary N) is 1. The van der Waals surface area contributed by atoms with Gasteiger partial charge in [-0.1, -0.05) is 0 Å². The van der Waals surface area contributed by atoms with Crippen LogP contribution in [0.2, 0.25) is 0 Å². The molecule has 0 amide bonds. The number of hydrogen-bond acceptors (Lipinski definition) is 3. The average molecular weight is 184 g/mol. The van der Waals surface area contributed by atoms with E-state index in [-0.39, 0.29) is 0 Å². The summed E-state index contributed by atoms with van der Waals surface area (Å²) < 4.78 is 5.40. The first-order chi connectivity index (χ1) is 6.45. The molecule has 2 fully saturated rings. The van der Waals surface area contributed by atoms with Gasteiger partial charge < -0.3 is 10.1 Å². The van der Waals surface area contributed by atoms with E-state index in [0.29, 0.717) is 0 Å². The van der Waals surface area contributed by atoms with Gasteiger partial charge in [-0.05, 0) is 19.3 Å². The largest absolute Gasteiger partial charge is 0.380 e. The van der Waals surface area contributed by atoms with Gasteiger partial charge >= 0.3 is 0 Å². The summed E-state index contributed by atoms with van der Waals surface area (Å²) >= 11 is 0. The standard InChI is InChI=1S/C10H20N2O/c1-5-12(7-9-13-8-1)6-4-11-10-2-3-10/h10-11H,1-9H2. The van der Waals surface area contributed by atoms with Crippen molar-refractivity contribution in [2.45, 2.75) is 25.3 Å². The summed E-state index contributed by atoms with van der Waals surface area (Å²) in [6, 6.07) is 0.850. The quantitative estimate of drug-likeness (QED) is 0.687. The lowest BCUT2D eigenvalue weighted by Gasteiger charge is -2.18. The topological polar surface area (TPSA) is 24.5 Å². The highest BCUT2D eigenvalue weighted by molar-refractivity contribution is 4.81. The van der Waals surface area contributed by atoms with Crippen molar-refractivity contribution >= 4 is 0 Å². The first-order valence-corrected chi connectivity index (χ1v) is 5.48. The van der Waals surface area contributed by atoms with Gasteiger partial charge in [0.15, 0.2) is 0 Å². The second-order valence-electron chi connectivity index (χ2n) is 4.04. The minimum absolute atomic E-state index is 0.850. The van der Waals surface area contributed by atoms with Gasteiger partial charge in [-0.2, -0.15) is 0 Å². The van der Waals surface area contributed by atoms with Crippen LogP contribution in [0.25, 0.3) is 0 Å². The first kappa shape index (κ1) is 9.44. The zero-order valence-corrected chi connectivity index (χ0v) is 8.30. The summed E-state index contributed by atoms with van der Waals surface area (Å²) in [6.07, 6.45) is 3.98. The summed E-state index contributed by atoms with van der Waals surface area (Å²) in [7, 11) is 0. The van der Waals surface area contributed by atoms with Crippen molar-refractivity contribution in [1.29, 1.82) is 0 Å². The Morgan fingerprint density at radius 3 is 3.00 bits per heavy atom. The van der Waals surface area contributed by atoms with E-state index in [0.717, 1.165) is 32.3 Å². The molecule has 0 spiro atoms. The number of nitrogens with zero attached hydrogens (tertiary/aromatic N) is 1. The fourth-order valence-corrected chi connectivity index (χ4v) is 1.74. The summed E-state index contributed by atoms with van der Waals surface area (Å²) in [6.45, 7) is 6.55. The molecule has 1 saturated carbocycles. The maximum atomic E-state index is 5.40. The minimum atomic E-state index is 0.850. The first-order valence-electron chi connectivity index (χ1n) is 5.48. The van der Waals surface area contributed by atoms with Crippen molar-refractivity contribution in [2.24, 2.45) is 0 Å². The van der Waals surface area contributed by atoms with Crippen LogP contribution >= 0.6 is 0 Å². The molecule has 3 heteroatoms. The van der Waals surface area contributed by atoms with E-state index in [9.17, 15) is 0 Å². The Hall–Kier alpha value is -0.120. The van der Waals surface area contributed by atoms with Gasteiger partial charge in [-0.3, -0.25) is 4.90 Å². The normalized spacial score (nSPS) is 25.8. The van der Waals surface area contributed by atoms with Gasteiger partial charge in [0.25, 0.3) is 0 Å². The number of hydrogen-bond donors (Lipinski definition) is 1. The van der Waals surface area contributed by atoms with Crippen molar-refractivity contribution in [3.05, 3.63) is 0 Å². The molecule has 0 radical (unpaired) electrons. The lowest BCUT2D eigenvalue weighted by Crippen LogP contribution is -2.34. The fraction of sp³-hybridized carbons (Fsp3) is 1.00. The summed E-state index contributed by atoms with van der Waals surface area (Å²) in [5, 5.41) is 3.54. The van der Waals surface area contributed by atoms with Gasteiger partial charge in [0.1, 0.15) is 0 Å². The van der Waals surface area contributed by atoms with Crippen molar-refractivity contribution in [3.63, 3.8) is 0 Å². The third-order valence-corrected chi connectivity index (χ3v) is 2.75. The Labute approximate surface area is 80.4 Å². The second-order valence-corrected chi connectivity index (χ2v) is 4.04. The zero-order valence-electron chi connectivity index (χ0n) is 8.30. The molecule has 1 aliphatic carbocycles. The summed E-state index contributed by atoms with van der Waals surface area (Å²) in [5.41, 5.74) is 0. The Bertz CT molecular complexity index is 140. The molecule has 0 aromatic heterocycles. The van der Waals surface area contributed by atoms with E-state index in [1.807, 2.05) is 0 Å². The molecule has 2 rings (SSSR count). The van der Waals surface area contributed by atoms with Gasteiger partial charge in [0, 0.05) is 38.8 Å². The number of ether oxygens (including phenoxy) is 1. The molecule has 1 saturated heterocycles. The van der Waals surface area contributed by atoms with Crippen molar-refractivity contribution < 1.29 is 4.74 Å². The van der Waals surface area contributed by atoms with Gasteiger partial charge in [0.2, 0.25) is 0 Å². The Morgan fingerprint density at radius 2 is 2.15 bits per heavy atom. The monoisotopic (exact) mass is 184 g/mol. The molecule has 0 bridgehead atoms. The molecule has 3 nitrogen and oxygen atoms in total. The van der Waals surface area contributed by atoms with E-state index in [4.69, 9.17) is 4.74 Å². The molecule has 1 heterocycles. The molecular weight excluding hydrogens is 164 g/mol. The average Bonchev–Trinajstić information content (AvgIpc) is 2.91. The van der Waals surface area contributed by atoms with Crippen LogP contribution in [0.3, 0.4) is 0 Å². The van der Waals surface area contributed by atoms with E-state index in [2.05, 4.69) is 10.2 Å². The lowest BCUT2D eigenvalue weighted by molar-refractivity contribution is 0.141. The highest BCUT2D eigenvalue weighted by atomic mass is 16.5. The SMILES string of the molecule is C1COCCN(CCNC2CC2)C1. The van der Waals surface area contributed by atoms with Crippen molar-refractivity contribution in [2.75, 3.05) is 39.4 Å². The Kier molecular flexibility index (Phi) is 3.58. The molecule has 1 aliphatic heterocycles.